The molecule has 0 aliphatic heterocycles. The smallest absolute Gasteiger partial charge is 0.253 e. The fourth-order valence-corrected chi connectivity index (χ4v) is 3.10. The Balaban J connectivity index is 1.82. The predicted molar refractivity (Wildman–Crippen MR) is 105 cm³/mol. The number of benzene rings is 2. The number of carbonyl (C=O) groups is 1. The highest BCUT2D eigenvalue weighted by Crippen LogP contribution is 2.15. The van der Waals surface area contributed by atoms with Crippen molar-refractivity contribution in [3.8, 4) is 0 Å². The molecule has 4 nitrogen and oxygen atoms in total. The van der Waals surface area contributed by atoms with Crippen LogP contribution in [0.5, 0.6) is 0 Å². The maximum atomic E-state index is 12.4. The summed E-state index contributed by atoms with van der Waals surface area (Å²) in [7, 11) is 0. The minimum absolute atomic E-state index is 0.0252. The second-order valence-corrected chi connectivity index (χ2v) is 6.58. The van der Waals surface area contributed by atoms with Crippen LogP contribution in [0.15, 0.2) is 59.4 Å². The SMILES string of the molecule is CCc1ccc2[nH]c(=O)c(CN(CCc3ccccc3)C(C)=O)cc2c1. The van der Waals surface area contributed by atoms with E-state index in [-0.39, 0.29) is 11.5 Å². The third kappa shape index (κ3) is 4.20. The van der Waals surface area contributed by atoms with Gasteiger partial charge in [-0.1, -0.05) is 43.3 Å². The third-order valence-corrected chi connectivity index (χ3v) is 4.71. The molecule has 26 heavy (non-hydrogen) atoms. The first-order chi connectivity index (χ1) is 12.6. The highest BCUT2D eigenvalue weighted by atomic mass is 16.2. The lowest BCUT2D eigenvalue weighted by molar-refractivity contribution is -0.129. The van der Waals surface area contributed by atoms with Gasteiger partial charge in [0.1, 0.15) is 0 Å². The van der Waals surface area contributed by atoms with Crippen molar-refractivity contribution in [3.63, 3.8) is 0 Å². The van der Waals surface area contributed by atoms with Crippen molar-refractivity contribution in [2.24, 2.45) is 0 Å². The van der Waals surface area contributed by atoms with E-state index >= 15 is 0 Å². The largest absolute Gasteiger partial charge is 0.338 e. The summed E-state index contributed by atoms with van der Waals surface area (Å²) in [4.78, 5) is 29.1. The molecule has 0 aliphatic carbocycles. The molecule has 0 saturated carbocycles. The molecule has 0 bridgehead atoms. The fourth-order valence-electron chi connectivity index (χ4n) is 3.10. The maximum absolute atomic E-state index is 12.4. The Hall–Kier alpha value is -2.88. The molecular weight excluding hydrogens is 324 g/mol. The average molecular weight is 348 g/mol. The van der Waals surface area contributed by atoms with Crippen molar-refractivity contribution in [1.82, 2.24) is 9.88 Å². The molecule has 3 rings (SSSR count). The van der Waals surface area contributed by atoms with E-state index in [4.69, 9.17) is 0 Å². The third-order valence-electron chi connectivity index (χ3n) is 4.71. The number of carbonyl (C=O) groups excluding carboxylic acids is 1. The van der Waals surface area contributed by atoms with Gasteiger partial charge in [-0.15, -0.1) is 0 Å². The van der Waals surface area contributed by atoms with Crippen molar-refractivity contribution in [2.75, 3.05) is 6.54 Å². The lowest BCUT2D eigenvalue weighted by Gasteiger charge is -2.21. The molecule has 0 spiro atoms. The average Bonchev–Trinajstić information content (AvgIpc) is 2.65. The van der Waals surface area contributed by atoms with E-state index < -0.39 is 0 Å². The summed E-state index contributed by atoms with van der Waals surface area (Å²) in [5, 5.41) is 1.01. The zero-order valence-corrected chi connectivity index (χ0v) is 15.3. The maximum Gasteiger partial charge on any atom is 0.253 e. The molecule has 1 aromatic heterocycles. The molecule has 1 N–H and O–H groups in total. The predicted octanol–water partition coefficient (Wildman–Crippen LogP) is 3.68. The Morgan fingerprint density at radius 3 is 2.50 bits per heavy atom. The molecule has 0 aliphatic rings. The van der Waals surface area contributed by atoms with Crippen LogP contribution in [0.25, 0.3) is 10.9 Å². The van der Waals surface area contributed by atoms with Gasteiger partial charge in [0.15, 0.2) is 0 Å². The van der Waals surface area contributed by atoms with Crippen LogP contribution in [-0.4, -0.2) is 22.3 Å². The number of hydrogen-bond acceptors (Lipinski definition) is 2. The molecule has 134 valence electrons. The molecule has 3 aromatic rings. The Bertz CT molecular complexity index is 961. The number of aromatic nitrogens is 1. The van der Waals surface area contributed by atoms with E-state index in [2.05, 4.69) is 18.0 Å². The molecule has 0 fully saturated rings. The van der Waals surface area contributed by atoms with Crippen molar-refractivity contribution in [3.05, 3.63) is 81.6 Å². The normalized spacial score (nSPS) is 10.8. The van der Waals surface area contributed by atoms with Crippen LogP contribution in [0.3, 0.4) is 0 Å². The second kappa shape index (κ2) is 8.00. The number of aryl methyl sites for hydroxylation is 1. The highest BCUT2D eigenvalue weighted by molar-refractivity contribution is 5.80. The number of nitrogens with zero attached hydrogens (tertiary/aromatic N) is 1. The van der Waals surface area contributed by atoms with Crippen LogP contribution >= 0.6 is 0 Å². The van der Waals surface area contributed by atoms with E-state index in [1.807, 2.05) is 48.5 Å². The topological polar surface area (TPSA) is 53.2 Å². The summed E-state index contributed by atoms with van der Waals surface area (Å²) in [6.45, 7) is 4.57. The number of pyridine rings is 1. The Morgan fingerprint density at radius 2 is 1.81 bits per heavy atom. The van der Waals surface area contributed by atoms with Gasteiger partial charge in [-0.25, -0.2) is 0 Å². The van der Waals surface area contributed by atoms with Gasteiger partial charge in [-0.2, -0.15) is 0 Å². The van der Waals surface area contributed by atoms with Crippen LogP contribution in [0, 0.1) is 0 Å². The monoisotopic (exact) mass is 348 g/mol. The van der Waals surface area contributed by atoms with E-state index in [0.717, 1.165) is 23.7 Å². The van der Waals surface area contributed by atoms with Gasteiger partial charge < -0.3 is 9.88 Å². The number of nitrogens with one attached hydrogen (secondary N) is 1. The van der Waals surface area contributed by atoms with Crippen LogP contribution in [0.1, 0.15) is 30.5 Å². The molecule has 0 atom stereocenters. The number of fused-ring (bicyclic) bond motifs is 1. The number of rotatable bonds is 6. The van der Waals surface area contributed by atoms with Crippen molar-refractivity contribution in [1.29, 1.82) is 0 Å². The van der Waals surface area contributed by atoms with Crippen molar-refractivity contribution >= 4 is 16.8 Å². The molecule has 0 saturated heterocycles. The summed E-state index contributed by atoms with van der Waals surface area (Å²) < 4.78 is 0. The first-order valence-corrected chi connectivity index (χ1v) is 9.01. The van der Waals surface area contributed by atoms with Gasteiger partial charge in [-0.3, -0.25) is 9.59 Å². The molecule has 1 heterocycles. The summed E-state index contributed by atoms with van der Waals surface area (Å²) in [5.74, 6) is -0.0252. The zero-order valence-electron chi connectivity index (χ0n) is 15.3. The molecule has 0 radical (unpaired) electrons. The quantitative estimate of drug-likeness (QED) is 0.739. The zero-order chi connectivity index (χ0) is 18.5. The van der Waals surface area contributed by atoms with Gasteiger partial charge in [0.25, 0.3) is 5.56 Å². The van der Waals surface area contributed by atoms with Crippen molar-refractivity contribution < 1.29 is 4.79 Å². The molecule has 2 aromatic carbocycles. The number of H-pyrrole nitrogens is 1. The van der Waals surface area contributed by atoms with Crippen LogP contribution in [0.2, 0.25) is 0 Å². The van der Waals surface area contributed by atoms with Gasteiger partial charge in [0, 0.05) is 24.5 Å². The van der Waals surface area contributed by atoms with Crippen LogP contribution in [-0.2, 0) is 24.2 Å². The van der Waals surface area contributed by atoms with Gasteiger partial charge in [0.2, 0.25) is 5.91 Å². The van der Waals surface area contributed by atoms with E-state index in [1.54, 1.807) is 11.8 Å². The molecule has 1 amide bonds. The second-order valence-electron chi connectivity index (χ2n) is 6.58. The van der Waals surface area contributed by atoms with Gasteiger partial charge in [0.05, 0.1) is 6.54 Å². The van der Waals surface area contributed by atoms with Crippen LogP contribution < -0.4 is 5.56 Å². The summed E-state index contributed by atoms with van der Waals surface area (Å²) in [5.41, 5.74) is 3.72. The molecule has 4 heteroatoms. The molecular formula is C22H24N2O2. The van der Waals surface area contributed by atoms with E-state index in [1.165, 1.54) is 11.1 Å². The lowest BCUT2D eigenvalue weighted by atomic mass is 10.1. The standard InChI is InChI=1S/C22H24N2O2/c1-3-17-9-10-21-19(13-17)14-20(22(26)23-21)15-24(16(2)25)12-11-18-7-5-4-6-8-18/h4-10,13-14H,3,11-12,15H2,1-2H3,(H,23,26). The minimum Gasteiger partial charge on any atom is -0.338 e. The Morgan fingerprint density at radius 1 is 1.04 bits per heavy atom. The number of aromatic amines is 1. The van der Waals surface area contributed by atoms with E-state index in [0.29, 0.717) is 18.7 Å². The Labute approximate surface area is 153 Å². The molecule has 0 unspecified atom stereocenters. The fraction of sp³-hybridized carbons (Fsp3) is 0.273. The lowest BCUT2D eigenvalue weighted by Crippen LogP contribution is -2.32. The highest BCUT2D eigenvalue weighted by Gasteiger charge is 2.13. The number of amides is 1. The Kier molecular flexibility index (Phi) is 5.52. The summed E-state index contributed by atoms with van der Waals surface area (Å²) in [6.07, 6.45) is 1.72. The first-order valence-electron chi connectivity index (χ1n) is 9.01. The summed E-state index contributed by atoms with van der Waals surface area (Å²) >= 11 is 0. The number of hydrogen-bond donors (Lipinski definition) is 1. The van der Waals surface area contributed by atoms with Crippen LogP contribution in [0.4, 0.5) is 0 Å². The summed E-state index contributed by atoms with van der Waals surface area (Å²) in [6, 6.07) is 18.0. The van der Waals surface area contributed by atoms with E-state index in [9.17, 15) is 9.59 Å². The van der Waals surface area contributed by atoms with Gasteiger partial charge >= 0.3 is 0 Å². The minimum atomic E-state index is -0.132. The van der Waals surface area contributed by atoms with Gasteiger partial charge in [-0.05, 0) is 47.6 Å². The van der Waals surface area contributed by atoms with Crippen molar-refractivity contribution in [2.45, 2.75) is 33.2 Å². The first kappa shape index (κ1) is 17.9.